The molecule has 0 aromatic carbocycles. The third-order valence-corrected chi connectivity index (χ3v) is 7.48. The van der Waals surface area contributed by atoms with E-state index in [0.29, 0.717) is 60.1 Å². The molecule has 12 nitrogen and oxygen atoms in total. The molecule has 6 rings (SSSR count). The normalized spacial score (nSPS) is 17.4. The van der Waals surface area contributed by atoms with E-state index in [2.05, 4.69) is 35.7 Å². The number of nitrogens with one attached hydrogen (secondary N) is 1. The number of nitrogens with zero attached hydrogens (tertiary/aromatic N) is 8. The molecule has 0 bridgehead atoms. The second kappa shape index (κ2) is 9.31. The van der Waals surface area contributed by atoms with Crippen molar-refractivity contribution in [1.29, 1.82) is 0 Å². The molecule has 2 N–H and O–H groups in total. The lowest BCUT2D eigenvalue weighted by Gasteiger charge is -2.62. The summed E-state index contributed by atoms with van der Waals surface area (Å²) in [7, 11) is 1.59. The summed E-state index contributed by atoms with van der Waals surface area (Å²) in [5, 5.41) is 29.6. The lowest BCUT2D eigenvalue weighted by Crippen LogP contribution is -2.70. The van der Waals surface area contributed by atoms with E-state index >= 15 is 0 Å². The Labute approximate surface area is 221 Å². The molecular formula is C25H27F2N9O3. The average Bonchev–Trinajstić information content (AvgIpc) is 3.52. The van der Waals surface area contributed by atoms with E-state index in [0.717, 1.165) is 5.69 Å². The Morgan fingerprint density at radius 3 is 2.79 bits per heavy atom. The number of ether oxygens (including phenoxy) is 1. The maximum atomic E-state index is 13.3. The maximum absolute atomic E-state index is 13.3. The SMILES string of the molecule is COCCn1nnc(-c2cnc(C)c(NC(=O)c3cnn4ccc(N5CC6(C5)CC(O)(C(F)F)C6)cc34)c2)n1. The minimum absolute atomic E-state index is 0.0994. The van der Waals surface area contributed by atoms with Crippen LogP contribution in [0.4, 0.5) is 20.2 Å². The van der Waals surface area contributed by atoms with Gasteiger partial charge in [0.15, 0.2) is 0 Å². The number of fused-ring (bicyclic) bond motifs is 1. The van der Waals surface area contributed by atoms with Crippen molar-refractivity contribution in [2.75, 3.05) is 37.0 Å². The first kappa shape index (κ1) is 25.2. The third kappa shape index (κ3) is 4.48. The predicted molar refractivity (Wildman–Crippen MR) is 136 cm³/mol. The van der Waals surface area contributed by atoms with Crippen molar-refractivity contribution in [3.8, 4) is 11.4 Å². The minimum atomic E-state index is -2.73. The number of amides is 1. The number of hydrogen-bond acceptors (Lipinski definition) is 9. The summed E-state index contributed by atoms with van der Waals surface area (Å²) in [5.74, 6) is 0.0162. The van der Waals surface area contributed by atoms with Crippen LogP contribution >= 0.6 is 0 Å². The molecule has 0 atom stereocenters. The van der Waals surface area contributed by atoms with Crippen molar-refractivity contribution in [2.24, 2.45) is 5.41 Å². The summed E-state index contributed by atoms with van der Waals surface area (Å²) in [4.78, 5) is 21.2. The number of alkyl halides is 2. The van der Waals surface area contributed by atoms with Crippen molar-refractivity contribution >= 4 is 22.8 Å². The topological polar surface area (TPSA) is 136 Å². The van der Waals surface area contributed by atoms with Gasteiger partial charge in [0.1, 0.15) is 5.60 Å². The number of methoxy groups -OCH3 is 1. The van der Waals surface area contributed by atoms with Crippen molar-refractivity contribution in [1.82, 2.24) is 34.8 Å². The van der Waals surface area contributed by atoms with Gasteiger partial charge in [-0.15, -0.1) is 10.2 Å². The molecule has 204 valence electrons. The van der Waals surface area contributed by atoms with Crippen LogP contribution in [0, 0.1) is 12.3 Å². The van der Waals surface area contributed by atoms with Crippen LogP contribution in [0.25, 0.3) is 16.9 Å². The number of carbonyl (C=O) groups excluding carboxylic acids is 1. The van der Waals surface area contributed by atoms with Crippen LogP contribution in [0.3, 0.4) is 0 Å². The minimum Gasteiger partial charge on any atom is -0.384 e. The number of tetrazole rings is 1. The molecule has 2 fully saturated rings. The first-order valence-corrected chi connectivity index (χ1v) is 12.5. The number of halogens is 2. The summed E-state index contributed by atoms with van der Waals surface area (Å²) < 4.78 is 32.7. The van der Waals surface area contributed by atoms with Crippen LogP contribution in [-0.4, -0.2) is 84.7 Å². The van der Waals surface area contributed by atoms with E-state index in [-0.39, 0.29) is 24.2 Å². The monoisotopic (exact) mass is 539 g/mol. The summed E-state index contributed by atoms with van der Waals surface area (Å²) >= 11 is 0. The van der Waals surface area contributed by atoms with Crippen LogP contribution in [-0.2, 0) is 11.3 Å². The standard InChI is InChI=1S/C25H27F2N9O3/c1-15-19(7-16(9-28-15)21-31-33-36(32-21)5-6-39-2)30-22(37)18-10-29-35-4-3-17(8-20(18)35)34-13-24(14-34)11-25(38,12-24)23(26)27/h3-4,7-10,23,38H,5-6,11-14H2,1-2H3,(H,30,37). The first-order chi connectivity index (χ1) is 18.7. The molecule has 1 spiro atoms. The molecule has 1 saturated carbocycles. The molecule has 5 heterocycles. The molecule has 1 aliphatic carbocycles. The summed E-state index contributed by atoms with van der Waals surface area (Å²) in [6.07, 6.45) is 2.34. The van der Waals surface area contributed by atoms with Gasteiger partial charge >= 0.3 is 0 Å². The highest BCUT2D eigenvalue weighted by Gasteiger charge is 2.63. The van der Waals surface area contributed by atoms with Crippen molar-refractivity contribution in [3.63, 3.8) is 0 Å². The lowest BCUT2D eigenvalue weighted by atomic mass is 9.55. The Balaban J connectivity index is 1.18. The zero-order chi connectivity index (χ0) is 27.4. The average molecular weight is 540 g/mol. The van der Waals surface area contributed by atoms with Crippen molar-refractivity contribution in [2.45, 2.75) is 38.3 Å². The van der Waals surface area contributed by atoms with Gasteiger partial charge in [-0.3, -0.25) is 9.78 Å². The van der Waals surface area contributed by atoms with Gasteiger partial charge in [-0.2, -0.15) is 9.90 Å². The van der Waals surface area contributed by atoms with Crippen LogP contribution < -0.4 is 10.2 Å². The highest BCUT2D eigenvalue weighted by atomic mass is 19.3. The van der Waals surface area contributed by atoms with E-state index < -0.39 is 12.0 Å². The molecule has 2 aliphatic rings. The van der Waals surface area contributed by atoms with Gasteiger partial charge in [-0.1, -0.05) is 0 Å². The fourth-order valence-electron chi connectivity index (χ4n) is 5.51. The Morgan fingerprint density at radius 1 is 1.26 bits per heavy atom. The van der Waals surface area contributed by atoms with Gasteiger partial charge < -0.3 is 20.1 Å². The first-order valence-electron chi connectivity index (χ1n) is 12.5. The van der Waals surface area contributed by atoms with Gasteiger partial charge in [0, 0.05) is 49.3 Å². The van der Waals surface area contributed by atoms with Gasteiger partial charge in [0.2, 0.25) is 5.82 Å². The summed E-state index contributed by atoms with van der Waals surface area (Å²) in [5.41, 5.74) is 1.41. The van der Waals surface area contributed by atoms with E-state index in [4.69, 9.17) is 4.74 Å². The second-order valence-corrected chi connectivity index (χ2v) is 10.4. The smallest absolute Gasteiger partial charge is 0.266 e. The highest BCUT2D eigenvalue weighted by molar-refractivity contribution is 6.09. The van der Waals surface area contributed by atoms with E-state index in [9.17, 15) is 18.7 Å². The number of hydrogen-bond donors (Lipinski definition) is 2. The summed E-state index contributed by atoms with van der Waals surface area (Å²) in [6.45, 7) is 3.85. The van der Waals surface area contributed by atoms with Gasteiger partial charge in [-0.25, -0.2) is 13.3 Å². The van der Waals surface area contributed by atoms with E-state index in [1.165, 1.54) is 11.0 Å². The fraction of sp³-hybridized carbons (Fsp3) is 0.440. The molecule has 39 heavy (non-hydrogen) atoms. The van der Waals surface area contributed by atoms with Crippen molar-refractivity contribution in [3.05, 3.63) is 48.0 Å². The Bertz CT molecular complexity index is 1540. The van der Waals surface area contributed by atoms with Crippen molar-refractivity contribution < 1.29 is 23.4 Å². The number of rotatable bonds is 8. The Kier molecular flexibility index (Phi) is 6.03. The molecule has 4 aromatic rings. The Hall–Kier alpha value is -4.04. The Morgan fingerprint density at radius 2 is 2.05 bits per heavy atom. The predicted octanol–water partition coefficient (Wildman–Crippen LogP) is 2.19. The molecule has 14 heteroatoms. The van der Waals surface area contributed by atoms with E-state index in [1.54, 1.807) is 37.0 Å². The van der Waals surface area contributed by atoms with Crippen LogP contribution in [0.5, 0.6) is 0 Å². The molecule has 1 aliphatic heterocycles. The number of aliphatic hydroxyl groups is 1. The highest BCUT2D eigenvalue weighted by Crippen LogP contribution is 2.56. The molecule has 1 saturated heterocycles. The van der Waals surface area contributed by atoms with Crippen LogP contribution in [0.1, 0.15) is 28.9 Å². The molecule has 0 unspecified atom stereocenters. The summed E-state index contributed by atoms with van der Waals surface area (Å²) in [6, 6.07) is 5.47. The number of anilines is 2. The van der Waals surface area contributed by atoms with Gasteiger partial charge in [-0.05, 0) is 43.2 Å². The van der Waals surface area contributed by atoms with Gasteiger partial charge in [0.25, 0.3) is 12.3 Å². The largest absolute Gasteiger partial charge is 0.384 e. The van der Waals surface area contributed by atoms with Crippen LogP contribution in [0.2, 0.25) is 0 Å². The van der Waals surface area contributed by atoms with Gasteiger partial charge in [0.05, 0.1) is 41.8 Å². The van der Waals surface area contributed by atoms with E-state index in [1.807, 2.05) is 12.1 Å². The maximum Gasteiger partial charge on any atom is 0.266 e. The zero-order valence-electron chi connectivity index (χ0n) is 21.4. The number of carbonyl (C=O) groups is 1. The lowest BCUT2D eigenvalue weighted by molar-refractivity contribution is -0.209. The fourth-order valence-corrected chi connectivity index (χ4v) is 5.51. The second-order valence-electron chi connectivity index (χ2n) is 10.4. The third-order valence-electron chi connectivity index (χ3n) is 7.48. The zero-order valence-corrected chi connectivity index (χ0v) is 21.4. The molecular weight excluding hydrogens is 512 g/mol. The molecule has 0 radical (unpaired) electrons. The number of aromatic nitrogens is 7. The number of aryl methyl sites for hydroxylation is 1. The quantitative estimate of drug-likeness (QED) is 0.345. The number of pyridine rings is 2. The molecule has 4 aromatic heterocycles. The molecule has 1 amide bonds. The van der Waals surface area contributed by atoms with Crippen LogP contribution in [0.15, 0.2) is 36.8 Å².